The quantitative estimate of drug-likeness (QED) is 0.638. The van der Waals surface area contributed by atoms with Crippen molar-refractivity contribution in [1.82, 2.24) is 4.98 Å². The molecule has 0 saturated carbocycles. The summed E-state index contributed by atoms with van der Waals surface area (Å²) < 4.78 is 72.3. The maximum atomic E-state index is 12.0. The van der Waals surface area contributed by atoms with Crippen LogP contribution in [0.1, 0.15) is 11.4 Å². The van der Waals surface area contributed by atoms with E-state index >= 15 is 0 Å². The highest BCUT2D eigenvalue weighted by atomic mass is 35.5. The maximum absolute atomic E-state index is 12.0. The Morgan fingerprint density at radius 1 is 0.867 bits per heavy atom. The molecule has 0 amide bonds. The van der Waals surface area contributed by atoms with Crippen LogP contribution in [0.15, 0.2) is 12.1 Å². The minimum absolute atomic E-state index is 0.330. The van der Waals surface area contributed by atoms with Crippen LogP contribution in [0, 0.1) is 0 Å². The molecule has 1 heterocycles. The van der Waals surface area contributed by atoms with E-state index in [0.29, 0.717) is 12.1 Å². The van der Waals surface area contributed by atoms with Crippen LogP contribution in [0.5, 0.6) is 0 Å². The molecule has 0 unspecified atom stereocenters. The van der Waals surface area contributed by atoms with Gasteiger partial charge in [0.2, 0.25) is 0 Å². The van der Waals surface area contributed by atoms with Gasteiger partial charge >= 0.3 is 12.4 Å². The zero-order valence-electron chi connectivity index (χ0n) is 6.75. The van der Waals surface area contributed by atoms with Crippen LogP contribution in [0.4, 0.5) is 26.3 Å². The summed E-state index contributed by atoms with van der Waals surface area (Å²) >= 11 is 5.12. The van der Waals surface area contributed by atoms with Crippen molar-refractivity contribution >= 4 is 11.6 Å². The molecule has 0 spiro atoms. The Morgan fingerprint density at radius 3 is 1.47 bits per heavy atom. The topological polar surface area (TPSA) is 12.9 Å². The number of nitrogens with zero attached hydrogens (tertiary/aromatic N) is 1. The molecular formula is C7H2ClF6N. The Labute approximate surface area is 84.7 Å². The summed E-state index contributed by atoms with van der Waals surface area (Å²) in [6.45, 7) is 0. The molecule has 1 rings (SSSR count). The number of halogens is 7. The molecule has 84 valence electrons. The first-order chi connectivity index (χ1) is 6.60. The van der Waals surface area contributed by atoms with Crippen LogP contribution in [0.2, 0.25) is 5.02 Å². The van der Waals surface area contributed by atoms with Gasteiger partial charge < -0.3 is 0 Å². The van der Waals surface area contributed by atoms with Crippen LogP contribution >= 0.6 is 11.6 Å². The van der Waals surface area contributed by atoms with Gasteiger partial charge in [0.1, 0.15) is 11.4 Å². The third-order valence-corrected chi connectivity index (χ3v) is 1.59. The van der Waals surface area contributed by atoms with Gasteiger partial charge in [-0.1, -0.05) is 11.6 Å². The van der Waals surface area contributed by atoms with E-state index in [0.717, 1.165) is 0 Å². The van der Waals surface area contributed by atoms with Crippen LogP contribution in [0.3, 0.4) is 0 Å². The van der Waals surface area contributed by atoms with Gasteiger partial charge in [0.05, 0.1) is 0 Å². The Morgan fingerprint density at radius 2 is 1.20 bits per heavy atom. The summed E-state index contributed by atoms with van der Waals surface area (Å²) in [7, 11) is 0. The molecule has 1 aromatic heterocycles. The van der Waals surface area contributed by atoms with Gasteiger partial charge in [-0.05, 0) is 12.1 Å². The van der Waals surface area contributed by atoms with Crippen molar-refractivity contribution < 1.29 is 26.3 Å². The Balaban J connectivity index is 3.30. The van der Waals surface area contributed by atoms with Gasteiger partial charge in [0, 0.05) is 5.02 Å². The fourth-order valence-electron chi connectivity index (χ4n) is 0.788. The van der Waals surface area contributed by atoms with Crippen LogP contribution in [-0.2, 0) is 12.4 Å². The van der Waals surface area contributed by atoms with Crippen molar-refractivity contribution in [2.24, 2.45) is 0 Å². The van der Waals surface area contributed by atoms with E-state index in [1.165, 1.54) is 0 Å². The minimum Gasteiger partial charge on any atom is -0.239 e. The van der Waals surface area contributed by atoms with Crippen molar-refractivity contribution in [1.29, 1.82) is 0 Å². The normalized spacial score (nSPS) is 13.0. The third-order valence-electron chi connectivity index (χ3n) is 1.37. The Hall–Kier alpha value is -0.980. The largest absolute Gasteiger partial charge is 0.433 e. The van der Waals surface area contributed by atoms with Gasteiger partial charge in [-0.25, -0.2) is 4.98 Å². The molecule has 0 aliphatic carbocycles. The fourth-order valence-corrected chi connectivity index (χ4v) is 0.994. The average molecular weight is 250 g/mol. The smallest absolute Gasteiger partial charge is 0.239 e. The first kappa shape index (κ1) is 12.1. The van der Waals surface area contributed by atoms with E-state index in [1.807, 2.05) is 0 Å². The highest BCUT2D eigenvalue weighted by Gasteiger charge is 2.38. The number of rotatable bonds is 0. The number of hydrogen-bond donors (Lipinski definition) is 0. The second-order valence-electron chi connectivity index (χ2n) is 2.55. The predicted octanol–water partition coefficient (Wildman–Crippen LogP) is 3.77. The first-order valence-corrected chi connectivity index (χ1v) is 3.80. The van der Waals surface area contributed by atoms with Crippen molar-refractivity contribution in [2.75, 3.05) is 0 Å². The predicted molar refractivity (Wildman–Crippen MR) is 39.3 cm³/mol. The van der Waals surface area contributed by atoms with E-state index in [9.17, 15) is 26.3 Å². The Kier molecular flexibility index (Phi) is 2.86. The molecular weight excluding hydrogens is 248 g/mol. The molecule has 0 radical (unpaired) electrons. The molecule has 15 heavy (non-hydrogen) atoms. The minimum atomic E-state index is -4.95. The average Bonchev–Trinajstić information content (AvgIpc) is 1.99. The fraction of sp³-hybridized carbons (Fsp3) is 0.286. The van der Waals surface area contributed by atoms with Gasteiger partial charge in [0.25, 0.3) is 0 Å². The lowest BCUT2D eigenvalue weighted by Crippen LogP contribution is -2.14. The highest BCUT2D eigenvalue weighted by molar-refractivity contribution is 6.30. The molecule has 1 aromatic rings. The maximum Gasteiger partial charge on any atom is 0.433 e. The van der Waals surface area contributed by atoms with Gasteiger partial charge in [-0.2, -0.15) is 26.3 Å². The third kappa shape index (κ3) is 2.98. The zero-order valence-corrected chi connectivity index (χ0v) is 7.50. The zero-order chi connectivity index (χ0) is 11.9. The lowest BCUT2D eigenvalue weighted by molar-refractivity contribution is -0.150. The molecule has 0 saturated heterocycles. The molecule has 1 nitrogen and oxygen atoms in total. The molecule has 0 atom stereocenters. The van der Waals surface area contributed by atoms with Crippen LogP contribution in [0.25, 0.3) is 0 Å². The second-order valence-corrected chi connectivity index (χ2v) is 2.99. The molecule has 0 bridgehead atoms. The van der Waals surface area contributed by atoms with E-state index in [1.54, 1.807) is 0 Å². The lowest BCUT2D eigenvalue weighted by atomic mass is 10.3. The first-order valence-electron chi connectivity index (χ1n) is 3.42. The SMILES string of the molecule is FC(F)(F)c1cc(Cl)cc(C(F)(F)F)n1. The number of aromatic nitrogens is 1. The standard InChI is InChI=1S/C7H2ClF6N/c8-3-1-4(6(9,10)11)15-5(2-3)7(12,13)14/h1-2H. The van der Waals surface area contributed by atoms with Crippen molar-refractivity contribution in [3.8, 4) is 0 Å². The molecule has 8 heteroatoms. The van der Waals surface area contributed by atoms with Crippen molar-refractivity contribution in [2.45, 2.75) is 12.4 Å². The lowest BCUT2D eigenvalue weighted by Gasteiger charge is -2.10. The Bertz CT molecular complexity index is 336. The summed E-state index contributed by atoms with van der Waals surface area (Å²) in [6.07, 6.45) is -9.91. The summed E-state index contributed by atoms with van der Waals surface area (Å²) in [4.78, 5) is 2.44. The van der Waals surface area contributed by atoms with Crippen LogP contribution < -0.4 is 0 Å². The highest BCUT2D eigenvalue weighted by Crippen LogP contribution is 2.34. The van der Waals surface area contributed by atoms with E-state index in [-0.39, 0.29) is 0 Å². The van der Waals surface area contributed by atoms with Gasteiger partial charge in [-0.15, -0.1) is 0 Å². The van der Waals surface area contributed by atoms with E-state index in [4.69, 9.17) is 11.6 Å². The van der Waals surface area contributed by atoms with Gasteiger partial charge in [0.15, 0.2) is 0 Å². The molecule has 0 N–H and O–H groups in total. The van der Waals surface area contributed by atoms with Crippen molar-refractivity contribution in [3.05, 3.63) is 28.5 Å². The number of alkyl halides is 6. The number of hydrogen-bond acceptors (Lipinski definition) is 1. The van der Waals surface area contributed by atoms with Crippen LogP contribution in [-0.4, -0.2) is 4.98 Å². The van der Waals surface area contributed by atoms with E-state index < -0.39 is 28.8 Å². The summed E-state index contributed by atoms with van der Waals surface area (Å²) in [5.41, 5.74) is -3.33. The summed E-state index contributed by atoms with van der Waals surface area (Å²) in [6, 6.07) is 0.660. The van der Waals surface area contributed by atoms with Crippen molar-refractivity contribution in [3.63, 3.8) is 0 Å². The molecule has 0 aliphatic heterocycles. The number of pyridine rings is 1. The molecule has 0 aliphatic rings. The van der Waals surface area contributed by atoms with Gasteiger partial charge in [-0.3, -0.25) is 0 Å². The monoisotopic (exact) mass is 249 g/mol. The molecule has 0 aromatic carbocycles. The van der Waals surface area contributed by atoms with E-state index in [2.05, 4.69) is 4.98 Å². The summed E-state index contributed by atoms with van der Waals surface area (Å²) in [5.74, 6) is 0. The summed E-state index contributed by atoms with van der Waals surface area (Å²) in [5, 5.41) is -0.662. The second kappa shape index (κ2) is 3.55. The molecule has 0 fully saturated rings.